The standard InChI is InChI=1S/C10H15F2N3/c1-8-6-15(5-3-10(8,11)12)7-9-2-4-13-14-9/h2,4,8H,3,5-7H2,1H3,(H,13,14). The molecule has 5 heteroatoms. The van der Waals surface area contributed by atoms with Crippen molar-refractivity contribution in [2.45, 2.75) is 25.8 Å². The van der Waals surface area contributed by atoms with Crippen LogP contribution in [-0.2, 0) is 6.54 Å². The van der Waals surface area contributed by atoms with Gasteiger partial charge in [0.15, 0.2) is 0 Å². The van der Waals surface area contributed by atoms with E-state index in [-0.39, 0.29) is 6.42 Å². The lowest BCUT2D eigenvalue weighted by Gasteiger charge is -2.36. The summed E-state index contributed by atoms with van der Waals surface area (Å²) in [6, 6.07) is 1.87. The number of hydrogen-bond donors (Lipinski definition) is 1. The molecule has 2 heterocycles. The molecule has 1 atom stereocenters. The molecule has 1 saturated heterocycles. The molecule has 0 radical (unpaired) electrons. The maximum atomic E-state index is 13.2. The van der Waals surface area contributed by atoms with Crippen LogP contribution in [0.3, 0.4) is 0 Å². The Morgan fingerprint density at radius 2 is 2.47 bits per heavy atom. The monoisotopic (exact) mass is 215 g/mol. The van der Waals surface area contributed by atoms with Crippen LogP contribution in [0.15, 0.2) is 12.3 Å². The number of rotatable bonds is 2. The Labute approximate surface area is 87.5 Å². The molecule has 3 nitrogen and oxygen atoms in total. The van der Waals surface area contributed by atoms with E-state index in [9.17, 15) is 8.78 Å². The van der Waals surface area contributed by atoms with Crippen LogP contribution in [0.1, 0.15) is 19.0 Å². The molecule has 0 aliphatic carbocycles. The first-order valence-electron chi connectivity index (χ1n) is 5.16. The number of hydrogen-bond acceptors (Lipinski definition) is 2. The Kier molecular flexibility index (Phi) is 2.73. The maximum absolute atomic E-state index is 13.2. The van der Waals surface area contributed by atoms with E-state index in [1.165, 1.54) is 0 Å². The second kappa shape index (κ2) is 3.89. The quantitative estimate of drug-likeness (QED) is 0.817. The molecule has 0 aromatic carbocycles. The molecular weight excluding hydrogens is 200 g/mol. The van der Waals surface area contributed by atoms with Crippen molar-refractivity contribution in [1.82, 2.24) is 15.1 Å². The number of alkyl halides is 2. The molecule has 0 spiro atoms. The molecule has 1 unspecified atom stereocenters. The van der Waals surface area contributed by atoms with Gasteiger partial charge in [0.1, 0.15) is 0 Å². The summed E-state index contributed by atoms with van der Waals surface area (Å²) < 4.78 is 26.4. The highest BCUT2D eigenvalue weighted by molar-refractivity contribution is 4.98. The third-order valence-electron chi connectivity index (χ3n) is 2.97. The highest BCUT2D eigenvalue weighted by Crippen LogP contribution is 2.33. The van der Waals surface area contributed by atoms with Gasteiger partial charge < -0.3 is 0 Å². The summed E-state index contributed by atoms with van der Waals surface area (Å²) in [5.41, 5.74) is 0.979. The van der Waals surface area contributed by atoms with Crippen molar-refractivity contribution in [2.24, 2.45) is 5.92 Å². The first-order chi connectivity index (χ1) is 7.08. The van der Waals surface area contributed by atoms with Crippen LogP contribution in [0.25, 0.3) is 0 Å². The van der Waals surface area contributed by atoms with E-state index in [0.717, 1.165) is 5.69 Å². The minimum atomic E-state index is -2.50. The Morgan fingerprint density at radius 3 is 3.07 bits per heavy atom. The molecule has 1 aromatic heterocycles. The smallest absolute Gasteiger partial charge is 0.253 e. The summed E-state index contributed by atoms with van der Waals surface area (Å²) in [7, 11) is 0. The Hall–Kier alpha value is -0.970. The lowest BCUT2D eigenvalue weighted by atomic mass is 9.95. The van der Waals surface area contributed by atoms with Crippen molar-refractivity contribution in [1.29, 1.82) is 0 Å². The maximum Gasteiger partial charge on any atom is 0.253 e. The summed E-state index contributed by atoms with van der Waals surface area (Å²) in [6.07, 6.45) is 1.64. The van der Waals surface area contributed by atoms with Gasteiger partial charge in [0.05, 0.1) is 0 Å². The first-order valence-corrected chi connectivity index (χ1v) is 5.16. The predicted molar refractivity (Wildman–Crippen MR) is 52.6 cm³/mol. The molecule has 84 valence electrons. The largest absolute Gasteiger partial charge is 0.297 e. The topological polar surface area (TPSA) is 31.9 Å². The van der Waals surface area contributed by atoms with Gasteiger partial charge in [0.2, 0.25) is 0 Å². The van der Waals surface area contributed by atoms with Gasteiger partial charge in [-0.15, -0.1) is 0 Å². The number of nitrogens with zero attached hydrogens (tertiary/aromatic N) is 2. The molecule has 0 saturated carbocycles. The van der Waals surface area contributed by atoms with Crippen molar-refractivity contribution in [2.75, 3.05) is 13.1 Å². The fourth-order valence-electron chi connectivity index (χ4n) is 1.92. The molecule has 0 bridgehead atoms. The zero-order valence-corrected chi connectivity index (χ0v) is 8.71. The van der Waals surface area contributed by atoms with Crippen LogP contribution in [0.5, 0.6) is 0 Å². The van der Waals surface area contributed by atoms with Crippen LogP contribution in [-0.4, -0.2) is 34.1 Å². The Bertz CT molecular complexity index is 310. The average molecular weight is 215 g/mol. The summed E-state index contributed by atoms with van der Waals surface area (Å²) in [5, 5.41) is 6.68. The number of aromatic amines is 1. The molecule has 1 aliphatic heterocycles. The van der Waals surface area contributed by atoms with Gasteiger partial charge in [-0.05, 0) is 6.07 Å². The van der Waals surface area contributed by atoms with Crippen molar-refractivity contribution >= 4 is 0 Å². The molecule has 2 rings (SSSR count). The highest BCUT2D eigenvalue weighted by Gasteiger charge is 2.40. The van der Waals surface area contributed by atoms with Gasteiger partial charge in [-0.1, -0.05) is 6.92 Å². The molecule has 1 fully saturated rings. The van der Waals surface area contributed by atoms with Crippen molar-refractivity contribution < 1.29 is 8.78 Å². The van der Waals surface area contributed by atoms with E-state index >= 15 is 0 Å². The third-order valence-corrected chi connectivity index (χ3v) is 2.97. The molecule has 0 amide bonds. The minimum Gasteiger partial charge on any atom is -0.297 e. The number of piperidine rings is 1. The van der Waals surface area contributed by atoms with Gasteiger partial charge in [0.25, 0.3) is 5.92 Å². The lowest BCUT2D eigenvalue weighted by molar-refractivity contribution is -0.100. The van der Waals surface area contributed by atoms with E-state index in [2.05, 4.69) is 10.2 Å². The zero-order valence-electron chi connectivity index (χ0n) is 8.71. The van der Waals surface area contributed by atoms with Gasteiger partial charge in [-0.3, -0.25) is 10.00 Å². The minimum absolute atomic E-state index is 0.0394. The molecule has 1 aliphatic rings. The second-order valence-electron chi connectivity index (χ2n) is 4.23. The summed E-state index contributed by atoms with van der Waals surface area (Å²) in [4.78, 5) is 2.04. The van der Waals surface area contributed by atoms with E-state index in [4.69, 9.17) is 0 Å². The predicted octanol–water partition coefficient (Wildman–Crippen LogP) is 1.89. The Balaban J connectivity index is 1.92. The number of halogens is 2. The van der Waals surface area contributed by atoms with Gasteiger partial charge in [-0.25, -0.2) is 8.78 Å². The van der Waals surface area contributed by atoms with Crippen LogP contribution < -0.4 is 0 Å². The van der Waals surface area contributed by atoms with Crippen molar-refractivity contribution in [3.63, 3.8) is 0 Å². The average Bonchev–Trinajstić information content (AvgIpc) is 2.65. The summed E-state index contributed by atoms with van der Waals surface area (Å²) in [6.45, 7) is 3.20. The number of nitrogens with one attached hydrogen (secondary N) is 1. The number of aromatic nitrogens is 2. The fourth-order valence-corrected chi connectivity index (χ4v) is 1.92. The summed E-state index contributed by atoms with van der Waals surface area (Å²) in [5.74, 6) is -3.06. The Morgan fingerprint density at radius 1 is 1.67 bits per heavy atom. The van der Waals surface area contributed by atoms with Crippen LogP contribution in [0.4, 0.5) is 8.78 Å². The third kappa shape index (κ3) is 2.34. The second-order valence-corrected chi connectivity index (χ2v) is 4.23. The van der Waals surface area contributed by atoms with Crippen molar-refractivity contribution in [3.8, 4) is 0 Å². The van der Waals surface area contributed by atoms with Crippen LogP contribution >= 0.6 is 0 Å². The fraction of sp³-hybridized carbons (Fsp3) is 0.700. The molecule has 1 N–H and O–H groups in total. The van der Waals surface area contributed by atoms with E-state index in [1.807, 2.05) is 11.0 Å². The van der Waals surface area contributed by atoms with Gasteiger partial charge in [-0.2, -0.15) is 5.10 Å². The first kappa shape index (κ1) is 10.5. The lowest BCUT2D eigenvalue weighted by Crippen LogP contribution is -2.45. The highest BCUT2D eigenvalue weighted by atomic mass is 19.3. The molecular formula is C10H15F2N3. The number of likely N-dealkylation sites (tertiary alicyclic amines) is 1. The van der Waals surface area contributed by atoms with E-state index in [0.29, 0.717) is 19.6 Å². The van der Waals surface area contributed by atoms with Crippen LogP contribution in [0.2, 0.25) is 0 Å². The van der Waals surface area contributed by atoms with E-state index < -0.39 is 11.8 Å². The van der Waals surface area contributed by atoms with Gasteiger partial charge in [0, 0.05) is 43.9 Å². The SMILES string of the molecule is CC1CN(Cc2ccn[nH]2)CCC1(F)F. The molecule has 15 heavy (non-hydrogen) atoms. The van der Waals surface area contributed by atoms with Gasteiger partial charge >= 0.3 is 0 Å². The van der Waals surface area contributed by atoms with Crippen molar-refractivity contribution in [3.05, 3.63) is 18.0 Å². The van der Waals surface area contributed by atoms with E-state index in [1.54, 1.807) is 13.1 Å². The zero-order chi connectivity index (χ0) is 10.9. The summed E-state index contributed by atoms with van der Waals surface area (Å²) >= 11 is 0. The van der Waals surface area contributed by atoms with Crippen LogP contribution in [0, 0.1) is 5.92 Å². The number of H-pyrrole nitrogens is 1. The normalized spacial score (nSPS) is 26.7. The molecule has 1 aromatic rings.